The van der Waals surface area contributed by atoms with Crippen LogP contribution in [0.15, 0.2) is 90.1 Å². The third-order valence-corrected chi connectivity index (χ3v) is 5.90. The van der Waals surface area contributed by atoms with Crippen LogP contribution < -0.4 is 15.4 Å². The summed E-state index contributed by atoms with van der Waals surface area (Å²) < 4.78 is 6.98. The van der Waals surface area contributed by atoms with Gasteiger partial charge in [-0.1, -0.05) is 42.5 Å². The number of para-hydroxylation sites is 3. The van der Waals surface area contributed by atoms with Gasteiger partial charge in [-0.05, 0) is 37.3 Å². The molecule has 0 spiro atoms. The lowest BCUT2D eigenvalue weighted by molar-refractivity contribution is -0.385. The molecule has 10 heteroatoms. The Bertz CT molecular complexity index is 1500. The smallest absolute Gasteiger partial charge is 0.275 e. The fourth-order valence-electron chi connectivity index (χ4n) is 4.28. The summed E-state index contributed by atoms with van der Waals surface area (Å²) in [5, 5.41) is 22.7. The average Bonchev–Trinajstić information content (AvgIpc) is 3.31. The SMILES string of the molecule is COc1ccccc1-c1nc2n(n1)C(c1ccccc1[N+](=O)[O-])C(C(=O)Nc1ccccc1)=C(C)N2. The van der Waals surface area contributed by atoms with Crippen LogP contribution in [0.5, 0.6) is 5.75 Å². The van der Waals surface area contributed by atoms with E-state index in [1.54, 1.807) is 50.4 Å². The average molecular weight is 483 g/mol. The first-order valence-corrected chi connectivity index (χ1v) is 11.2. The molecule has 1 atom stereocenters. The van der Waals surface area contributed by atoms with E-state index in [1.165, 1.54) is 10.7 Å². The number of fused-ring (bicyclic) bond motifs is 1. The second-order valence-corrected chi connectivity index (χ2v) is 8.11. The van der Waals surface area contributed by atoms with Crippen molar-refractivity contribution in [3.8, 4) is 17.1 Å². The quantitative estimate of drug-likeness (QED) is 0.299. The van der Waals surface area contributed by atoms with E-state index in [-0.39, 0.29) is 11.3 Å². The molecule has 1 aliphatic heterocycles. The summed E-state index contributed by atoms with van der Waals surface area (Å²) in [6, 6.07) is 21.7. The molecule has 5 rings (SSSR count). The first kappa shape index (κ1) is 22.8. The summed E-state index contributed by atoms with van der Waals surface area (Å²) in [6.07, 6.45) is 0. The normalized spacial score (nSPS) is 14.6. The van der Waals surface area contributed by atoms with Crippen molar-refractivity contribution in [2.75, 3.05) is 17.7 Å². The van der Waals surface area contributed by atoms with Crippen LogP contribution >= 0.6 is 0 Å². The van der Waals surface area contributed by atoms with Gasteiger partial charge in [0.2, 0.25) is 5.95 Å². The van der Waals surface area contributed by atoms with Gasteiger partial charge in [-0.15, -0.1) is 5.10 Å². The van der Waals surface area contributed by atoms with E-state index in [4.69, 9.17) is 4.74 Å². The molecule has 36 heavy (non-hydrogen) atoms. The van der Waals surface area contributed by atoms with Crippen LogP contribution in [0.4, 0.5) is 17.3 Å². The van der Waals surface area contributed by atoms with E-state index in [9.17, 15) is 14.9 Å². The Hall–Kier alpha value is -4.99. The Morgan fingerprint density at radius 1 is 1.06 bits per heavy atom. The zero-order valence-electron chi connectivity index (χ0n) is 19.5. The van der Waals surface area contributed by atoms with Gasteiger partial charge in [0.15, 0.2) is 5.82 Å². The Labute approximate surface area is 206 Å². The van der Waals surface area contributed by atoms with Crippen molar-refractivity contribution in [2.24, 2.45) is 0 Å². The predicted molar refractivity (Wildman–Crippen MR) is 135 cm³/mol. The molecule has 2 heterocycles. The van der Waals surface area contributed by atoms with Gasteiger partial charge in [0, 0.05) is 17.5 Å². The minimum Gasteiger partial charge on any atom is -0.496 e. The number of benzene rings is 3. The highest BCUT2D eigenvalue weighted by atomic mass is 16.6. The number of nitrogens with one attached hydrogen (secondary N) is 2. The minimum atomic E-state index is -0.900. The molecule has 0 saturated carbocycles. The maximum absolute atomic E-state index is 13.6. The van der Waals surface area contributed by atoms with E-state index < -0.39 is 16.9 Å². The maximum atomic E-state index is 13.6. The molecule has 0 saturated heterocycles. The van der Waals surface area contributed by atoms with Gasteiger partial charge in [-0.25, -0.2) is 4.68 Å². The van der Waals surface area contributed by atoms with Gasteiger partial charge in [0.1, 0.15) is 11.8 Å². The lowest BCUT2D eigenvalue weighted by atomic mass is 9.93. The second kappa shape index (κ2) is 9.34. The van der Waals surface area contributed by atoms with Crippen molar-refractivity contribution in [2.45, 2.75) is 13.0 Å². The van der Waals surface area contributed by atoms with Crippen molar-refractivity contribution in [3.63, 3.8) is 0 Å². The molecule has 1 aromatic heterocycles. The van der Waals surface area contributed by atoms with Crippen molar-refractivity contribution >= 4 is 23.2 Å². The number of amides is 1. The number of allylic oxidation sites excluding steroid dienone is 1. The van der Waals surface area contributed by atoms with Gasteiger partial charge < -0.3 is 15.4 Å². The van der Waals surface area contributed by atoms with Crippen molar-refractivity contribution in [1.82, 2.24) is 14.8 Å². The largest absolute Gasteiger partial charge is 0.496 e. The number of carbonyl (C=O) groups is 1. The van der Waals surface area contributed by atoms with Crippen molar-refractivity contribution < 1.29 is 14.5 Å². The van der Waals surface area contributed by atoms with Crippen LogP contribution in [0.3, 0.4) is 0 Å². The molecule has 0 fully saturated rings. The maximum Gasteiger partial charge on any atom is 0.275 e. The number of methoxy groups -OCH3 is 1. The highest BCUT2D eigenvalue weighted by molar-refractivity contribution is 6.06. The molecule has 1 amide bonds. The van der Waals surface area contributed by atoms with Crippen molar-refractivity contribution in [1.29, 1.82) is 0 Å². The molecule has 2 N–H and O–H groups in total. The molecule has 0 radical (unpaired) electrons. The van der Waals surface area contributed by atoms with Gasteiger partial charge in [0.05, 0.1) is 28.7 Å². The number of carbonyl (C=O) groups excluding carboxylic acids is 1. The first-order chi connectivity index (χ1) is 17.5. The fraction of sp³-hybridized carbons (Fsp3) is 0.115. The molecule has 1 aliphatic rings. The van der Waals surface area contributed by atoms with Crippen LogP contribution in [0.25, 0.3) is 11.4 Å². The van der Waals surface area contributed by atoms with E-state index in [1.807, 2.05) is 36.4 Å². The molecule has 1 unspecified atom stereocenters. The van der Waals surface area contributed by atoms with E-state index in [0.717, 1.165) is 0 Å². The lowest BCUT2D eigenvalue weighted by Gasteiger charge is -2.28. The standard InChI is InChI=1S/C26H22N6O4/c1-16-22(25(33)28-17-10-4-3-5-11-17)23(18-12-6-8-14-20(18)32(34)35)31-26(27-16)29-24(30-31)19-13-7-9-15-21(19)36-2/h3-15,23H,1-2H3,(H,28,33)(H,27,29,30). The predicted octanol–water partition coefficient (Wildman–Crippen LogP) is 4.79. The summed E-state index contributed by atoms with van der Waals surface area (Å²) in [6.45, 7) is 1.74. The molecule has 4 aromatic rings. The highest BCUT2D eigenvalue weighted by Gasteiger charge is 2.38. The Morgan fingerprint density at radius 2 is 1.75 bits per heavy atom. The summed E-state index contributed by atoms with van der Waals surface area (Å²) >= 11 is 0. The van der Waals surface area contributed by atoms with Crippen LogP contribution in [0.2, 0.25) is 0 Å². The molecule has 0 bridgehead atoms. The fourth-order valence-corrected chi connectivity index (χ4v) is 4.28. The third-order valence-electron chi connectivity index (χ3n) is 5.90. The molecule has 3 aromatic carbocycles. The topological polar surface area (TPSA) is 124 Å². The number of nitrogens with zero attached hydrogens (tertiary/aromatic N) is 4. The number of aromatic nitrogens is 3. The number of hydrogen-bond acceptors (Lipinski definition) is 7. The number of rotatable bonds is 6. The Kier molecular flexibility index (Phi) is 5.91. The first-order valence-electron chi connectivity index (χ1n) is 11.2. The zero-order chi connectivity index (χ0) is 25.2. The summed E-state index contributed by atoms with van der Waals surface area (Å²) in [5.74, 6) is 0.882. The number of hydrogen-bond donors (Lipinski definition) is 2. The van der Waals surface area contributed by atoms with E-state index >= 15 is 0 Å². The van der Waals surface area contributed by atoms with Crippen LogP contribution in [-0.2, 0) is 4.79 Å². The second-order valence-electron chi connectivity index (χ2n) is 8.11. The van der Waals surface area contributed by atoms with Crippen LogP contribution in [0.1, 0.15) is 18.5 Å². The molecular formula is C26H22N6O4. The van der Waals surface area contributed by atoms with Gasteiger partial charge in [-0.2, -0.15) is 4.98 Å². The molecular weight excluding hydrogens is 460 g/mol. The molecule has 180 valence electrons. The van der Waals surface area contributed by atoms with Crippen LogP contribution in [-0.4, -0.2) is 32.7 Å². The van der Waals surface area contributed by atoms with Gasteiger partial charge in [0.25, 0.3) is 11.6 Å². The van der Waals surface area contributed by atoms with Crippen LogP contribution in [0, 0.1) is 10.1 Å². The summed E-state index contributed by atoms with van der Waals surface area (Å²) in [4.78, 5) is 29.7. The number of ether oxygens (including phenoxy) is 1. The van der Waals surface area contributed by atoms with Gasteiger partial charge >= 0.3 is 0 Å². The molecule has 0 aliphatic carbocycles. The summed E-state index contributed by atoms with van der Waals surface area (Å²) in [5.41, 5.74) is 2.25. The number of nitro benzene ring substituents is 1. The molecule has 10 nitrogen and oxygen atoms in total. The summed E-state index contributed by atoms with van der Waals surface area (Å²) in [7, 11) is 1.56. The highest BCUT2D eigenvalue weighted by Crippen LogP contribution is 2.40. The Balaban J connectivity index is 1.68. The monoisotopic (exact) mass is 482 g/mol. The lowest BCUT2D eigenvalue weighted by Crippen LogP contribution is -2.31. The van der Waals surface area contributed by atoms with E-state index in [0.29, 0.717) is 40.0 Å². The third kappa shape index (κ3) is 4.05. The van der Waals surface area contributed by atoms with E-state index in [2.05, 4.69) is 20.7 Å². The Morgan fingerprint density at radius 3 is 2.50 bits per heavy atom. The van der Waals surface area contributed by atoms with Crippen molar-refractivity contribution in [3.05, 3.63) is 106 Å². The van der Waals surface area contributed by atoms with Gasteiger partial charge in [-0.3, -0.25) is 14.9 Å². The number of nitro groups is 1. The minimum absolute atomic E-state index is 0.123. The number of anilines is 2. The zero-order valence-corrected chi connectivity index (χ0v) is 19.5.